The highest BCUT2D eigenvalue weighted by Gasteiger charge is 2.34. The molecule has 1 saturated carbocycles. The van der Waals surface area contributed by atoms with Crippen LogP contribution < -0.4 is 5.14 Å². The van der Waals surface area contributed by atoms with E-state index in [1.54, 1.807) is 0 Å². The predicted molar refractivity (Wildman–Crippen MR) is 47.8 cm³/mol. The zero-order chi connectivity index (χ0) is 7.61. The number of rotatable bonds is 3. The molecule has 2 N–H and O–H groups in total. The lowest BCUT2D eigenvalue weighted by Gasteiger charge is -2.42. The van der Waals surface area contributed by atoms with Crippen LogP contribution in [0.25, 0.3) is 0 Å². The van der Waals surface area contributed by atoms with Crippen LogP contribution in [0.4, 0.5) is 0 Å². The Morgan fingerprint density at radius 1 is 1.50 bits per heavy atom. The Morgan fingerprint density at radius 3 is 2.50 bits per heavy atom. The third kappa shape index (κ3) is 2.17. The first-order valence-corrected chi connectivity index (χ1v) is 5.00. The summed E-state index contributed by atoms with van der Waals surface area (Å²) in [7, 11) is 0. The molecule has 0 aromatic carbocycles. The quantitative estimate of drug-likeness (QED) is 0.640. The third-order valence-electron chi connectivity index (χ3n) is 2.33. The molecule has 0 aromatic heterocycles. The van der Waals surface area contributed by atoms with Gasteiger partial charge in [-0.15, -0.1) is 0 Å². The van der Waals surface area contributed by atoms with Gasteiger partial charge in [-0.05, 0) is 30.6 Å². The Morgan fingerprint density at radius 2 is 2.10 bits per heavy atom. The highest BCUT2D eigenvalue weighted by Crippen LogP contribution is 2.46. The maximum Gasteiger partial charge on any atom is 0.00790 e. The topological polar surface area (TPSA) is 26.0 Å². The second-order valence-corrected chi connectivity index (χ2v) is 4.84. The molecule has 0 radical (unpaired) electrons. The molecule has 1 aliphatic carbocycles. The molecule has 0 heterocycles. The van der Waals surface area contributed by atoms with E-state index in [0.717, 1.165) is 11.7 Å². The van der Waals surface area contributed by atoms with Gasteiger partial charge in [0.15, 0.2) is 0 Å². The lowest BCUT2D eigenvalue weighted by atomic mass is 9.64. The van der Waals surface area contributed by atoms with E-state index >= 15 is 0 Å². The van der Waals surface area contributed by atoms with Gasteiger partial charge in [0.2, 0.25) is 0 Å². The molecule has 0 amide bonds. The Labute approximate surface area is 67.9 Å². The fourth-order valence-electron chi connectivity index (χ4n) is 1.94. The predicted octanol–water partition coefficient (Wildman–Crippen LogP) is 2.42. The van der Waals surface area contributed by atoms with Crippen molar-refractivity contribution in [1.29, 1.82) is 0 Å². The van der Waals surface area contributed by atoms with Crippen molar-refractivity contribution < 1.29 is 0 Å². The maximum absolute atomic E-state index is 5.34. The largest absolute Gasteiger partial charge is 0.278 e. The Hall–Kier alpha value is 0.310. The molecular weight excluding hydrogens is 142 g/mol. The number of hydrogen-bond acceptors (Lipinski definition) is 2. The minimum Gasteiger partial charge on any atom is -0.278 e. The van der Waals surface area contributed by atoms with Crippen LogP contribution in [-0.4, -0.2) is 5.75 Å². The lowest BCUT2D eigenvalue weighted by Crippen LogP contribution is -2.31. The highest BCUT2D eigenvalue weighted by molar-refractivity contribution is 7.97. The van der Waals surface area contributed by atoms with Crippen LogP contribution >= 0.6 is 11.9 Å². The van der Waals surface area contributed by atoms with E-state index in [0.29, 0.717) is 5.41 Å². The lowest BCUT2D eigenvalue weighted by molar-refractivity contribution is 0.0947. The third-order valence-corrected chi connectivity index (χ3v) is 2.80. The molecule has 1 nitrogen and oxygen atoms in total. The first kappa shape index (κ1) is 8.41. The van der Waals surface area contributed by atoms with Crippen molar-refractivity contribution in [1.82, 2.24) is 0 Å². The summed E-state index contributed by atoms with van der Waals surface area (Å²) in [5, 5.41) is 5.34. The molecule has 0 aliphatic heterocycles. The molecule has 1 fully saturated rings. The van der Waals surface area contributed by atoms with Gasteiger partial charge in [0, 0.05) is 5.75 Å². The van der Waals surface area contributed by atoms with Gasteiger partial charge >= 0.3 is 0 Å². The van der Waals surface area contributed by atoms with E-state index in [1.165, 1.54) is 31.2 Å². The van der Waals surface area contributed by atoms with Gasteiger partial charge in [-0.25, -0.2) is 0 Å². The average Bonchev–Trinajstić information content (AvgIpc) is 1.78. The summed E-state index contributed by atoms with van der Waals surface area (Å²) in [4.78, 5) is 0. The van der Waals surface area contributed by atoms with Crippen molar-refractivity contribution in [3.05, 3.63) is 0 Å². The molecule has 10 heavy (non-hydrogen) atoms. The molecule has 0 atom stereocenters. The summed E-state index contributed by atoms with van der Waals surface area (Å²) in [6, 6.07) is 0. The fourth-order valence-corrected chi connectivity index (χ4v) is 2.41. The normalized spacial score (nSPS) is 24.3. The zero-order valence-corrected chi connectivity index (χ0v) is 7.71. The Balaban J connectivity index is 2.03. The number of nitrogens with two attached hydrogens (primary N) is 1. The minimum absolute atomic E-state index is 0.643. The monoisotopic (exact) mass is 159 g/mol. The molecular formula is C8H17NS. The number of hydrogen-bond donors (Lipinski definition) is 1. The second-order valence-electron chi connectivity index (χ2n) is 4.10. The van der Waals surface area contributed by atoms with Crippen molar-refractivity contribution in [3.63, 3.8) is 0 Å². The summed E-state index contributed by atoms with van der Waals surface area (Å²) >= 11 is 1.48. The van der Waals surface area contributed by atoms with Crippen molar-refractivity contribution in [3.8, 4) is 0 Å². The SMILES string of the molecule is CC1(C)CC(CCSN)C1. The zero-order valence-electron chi connectivity index (χ0n) is 6.89. The van der Waals surface area contributed by atoms with Crippen molar-refractivity contribution in [2.45, 2.75) is 33.1 Å². The molecule has 0 unspecified atom stereocenters. The van der Waals surface area contributed by atoms with E-state index in [4.69, 9.17) is 5.14 Å². The summed E-state index contributed by atoms with van der Waals surface area (Å²) in [6.45, 7) is 4.69. The molecule has 0 aromatic rings. The molecule has 2 heteroatoms. The van der Waals surface area contributed by atoms with Gasteiger partial charge < -0.3 is 0 Å². The first-order valence-electron chi connectivity index (χ1n) is 3.96. The molecule has 0 bridgehead atoms. The van der Waals surface area contributed by atoms with Crippen LogP contribution in [0.15, 0.2) is 0 Å². The molecule has 1 aliphatic rings. The Bertz CT molecular complexity index is 104. The smallest absolute Gasteiger partial charge is 0.00790 e. The van der Waals surface area contributed by atoms with E-state index < -0.39 is 0 Å². The van der Waals surface area contributed by atoms with Crippen LogP contribution in [-0.2, 0) is 0 Å². The average molecular weight is 159 g/mol. The van der Waals surface area contributed by atoms with Crippen LogP contribution in [0.5, 0.6) is 0 Å². The van der Waals surface area contributed by atoms with Gasteiger partial charge in [0.05, 0.1) is 0 Å². The molecule has 1 rings (SSSR count). The summed E-state index contributed by atoms with van der Waals surface area (Å²) in [5.74, 6) is 2.12. The van der Waals surface area contributed by atoms with Crippen molar-refractivity contribution in [2.75, 3.05) is 5.75 Å². The van der Waals surface area contributed by atoms with Crippen molar-refractivity contribution in [2.24, 2.45) is 16.5 Å². The molecule has 60 valence electrons. The standard InChI is InChI=1S/C8H17NS/c1-8(2)5-7(6-8)3-4-10-9/h7H,3-6,9H2,1-2H3. The van der Waals surface area contributed by atoms with E-state index in [1.807, 2.05) is 0 Å². The summed E-state index contributed by atoms with van der Waals surface area (Å²) < 4.78 is 0. The van der Waals surface area contributed by atoms with Crippen molar-refractivity contribution >= 4 is 11.9 Å². The summed E-state index contributed by atoms with van der Waals surface area (Å²) in [6.07, 6.45) is 4.14. The van der Waals surface area contributed by atoms with Crippen LogP contribution in [0.1, 0.15) is 33.1 Å². The minimum atomic E-state index is 0.643. The molecule has 0 spiro atoms. The van der Waals surface area contributed by atoms with Gasteiger partial charge in [0.25, 0.3) is 0 Å². The fraction of sp³-hybridized carbons (Fsp3) is 1.00. The second kappa shape index (κ2) is 3.14. The van der Waals surface area contributed by atoms with Crippen LogP contribution in [0.2, 0.25) is 0 Å². The maximum atomic E-state index is 5.34. The summed E-state index contributed by atoms with van der Waals surface area (Å²) in [5.41, 5.74) is 0.643. The van der Waals surface area contributed by atoms with Crippen LogP contribution in [0, 0.1) is 11.3 Å². The first-order chi connectivity index (χ1) is 4.64. The van der Waals surface area contributed by atoms with Crippen LogP contribution in [0.3, 0.4) is 0 Å². The van der Waals surface area contributed by atoms with E-state index in [9.17, 15) is 0 Å². The van der Waals surface area contributed by atoms with E-state index in [2.05, 4.69) is 13.8 Å². The molecule has 0 saturated heterocycles. The highest BCUT2D eigenvalue weighted by atomic mass is 32.2. The Kier molecular flexibility index (Phi) is 2.64. The van der Waals surface area contributed by atoms with Gasteiger partial charge in [0.1, 0.15) is 0 Å². The van der Waals surface area contributed by atoms with Gasteiger partial charge in [-0.1, -0.05) is 25.8 Å². The van der Waals surface area contributed by atoms with Gasteiger partial charge in [-0.2, -0.15) is 0 Å². The van der Waals surface area contributed by atoms with Gasteiger partial charge in [-0.3, -0.25) is 5.14 Å². The van der Waals surface area contributed by atoms with E-state index in [-0.39, 0.29) is 0 Å².